The molecule has 1 unspecified atom stereocenters. The number of nitrogens with zero attached hydrogens (tertiary/aromatic N) is 1. The van der Waals surface area contributed by atoms with Gasteiger partial charge in [0.2, 0.25) is 11.8 Å². The lowest BCUT2D eigenvalue weighted by Gasteiger charge is -2.37. The van der Waals surface area contributed by atoms with E-state index in [-0.39, 0.29) is 24.9 Å². The third-order valence-electron chi connectivity index (χ3n) is 2.57. The van der Waals surface area contributed by atoms with Crippen molar-refractivity contribution in [1.29, 1.82) is 0 Å². The topological polar surface area (TPSA) is 58.6 Å². The number of amides is 2. The molecule has 0 saturated carbocycles. The lowest BCUT2D eigenvalue weighted by molar-refractivity contribution is -0.325. The molecule has 0 aromatic carbocycles. The van der Waals surface area contributed by atoms with Crippen molar-refractivity contribution in [2.45, 2.75) is 26.3 Å². The van der Waals surface area contributed by atoms with E-state index in [1.54, 1.807) is 13.8 Å². The Kier molecular flexibility index (Phi) is 4.55. The van der Waals surface area contributed by atoms with E-state index in [1.165, 1.54) is 0 Å². The van der Waals surface area contributed by atoms with Crippen molar-refractivity contribution >= 4 is 11.8 Å². The molecule has 0 aliphatic carbocycles. The van der Waals surface area contributed by atoms with E-state index in [2.05, 4.69) is 10.1 Å². The fourth-order valence-electron chi connectivity index (χ4n) is 1.85. The van der Waals surface area contributed by atoms with Gasteiger partial charge >= 0.3 is 6.36 Å². The highest BCUT2D eigenvalue weighted by molar-refractivity contribution is 5.94. The van der Waals surface area contributed by atoms with E-state index in [0.29, 0.717) is 0 Å². The predicted octanol–water partition coefficient (Wildman–Crippen LogP) is 0.506. The van der Waals surface area contributed by atoms with Crippen LogP contribution in [0.5, 0.6) is 0 Å². The average molecular weight is 268 g/mol. The Bertz CT molecular complexity index is 331. The minimum atomic E-state index is -4.73. The van der Waals surface area contributed by atoms with Crippen LogP contribution in [-0.2, 0) is 14.3 Å². The van der Waals surface area contributed by atoms with E-state index in [0.717, 1.165) is 4.90 Å². The zero-order chi connectivity index (χ0) is 13.9. The van der Waals surface area contributed by atoms with Crippen LogP contribution in [0.2, 0.25) is 0 Å². The molecule has 104 valence electrons. The van der Waals surface area contributed by atoms with Crippen molar-refractivity contribution in [3.8, 4) is 0 Å². The molecule has 0 spiro atoms. The quantitative estimate of drug-likeness (QED) is 0.808. The van der Waals surface area contributed by atoms with Gasteiger partial charge in [-0.2, -0.15) is 0 Å². The molecule has 0 aromatic rings. The fraction of sp³-hybridized carbons (Fsp3) is 0.800. The lowest BCUT2D eigenvalue weighted by atomic mass is 9.99. The largest absolute Gasteiger partial charge is 0.522 e. The van der Waals surface area contributed by atoms with Crippen LogP contribution >= 0.6 is 0 Å². The van der Waals surface area contributed by atoms with E-state index >= 15 is 0 Å². The molecule has 1 N–H and O–H groups in total. The third-order valence-corrected chi connectivity index (χ3v) is 2.57. The van der Waals surface area contributed by atoms with Crippen LogP contribution in [0.25, 0.3) is 0 Å². The van der Waals surface area contributed by atoms with Crippen LogP contribution in [0.1, 0.15) is 13.8 Å². The minimum absolute atomic E-state index is 0.180. The van der Waals surface area contributed by atoms with Crippen LogP contribution in [0.4, 0.5) is 13.2 Å². The molecular formula is C10H15F3N2O3. The highest BCUT2D eigenvalue weighted by atomic mass is 19.4. The van der Waals surface area contributed by atoms with Crippen molar-refractivity contribution in [2.75, 3.05) is 19.7 Å². The predicted molar refractivity (Wildman–Crippen MR) is 55.4 cm³/mol. The number of nitrogens with one attached hydrogen (secondary N) is 1. The molecule has 1 atom stereocenters. The standard InChI is InChI=1S/C10H15F3N2O3/c1-6(2)8-9(17)14-5-7(16)15(8)3-4-18-10(11,12)13/h6,8H,3-5H2,1-2H3,(H,14,17). The smallest absolute Gasteiger partial charge is 0.345 e. The van der Waals surface area contributed by atoms with Gasteiger partial charge in [0.05, 0.1) is 13.2 Å². The summed E-state index contributed by atoms with van der Waals surface area (Å²) in [5.74, 6) is -0.934. The molecule has 5 nitrogen and oxygen atoms in total. The Morgan fingerprint density at radius 3 is 2.56 bits per heavy atom. The molecule has 2 amide bonds. The van der Waals surface area contributed by atoms with Gasteiger partial charge in [-0.05, 0) is 5.92 Å². The molecular weight excluding hydrogens is 253 g/mol. The first-order valence-electron chi connectivity index (χ1n) is 5.50. The summed E-state index contributed by atoms with van der Waals surface area (Å²) >= 11 is 0. The lowest BCUT2D eigenvalue weighted by Crippen LogP contribution is -2.60. The van der Waals surface area contributed by atoms with Crippen LogP contribution in [0, 0.1) is 5.92 Å². The van der Waals surface area contributed by atoms with Gasteiger partial charge in [-0.15, -0.1) is 13.2 Å². The number of halogens is 3. The molecule has 0 bridgehead atoms. The maximum Gasteiger partial charge on any atom is 0.522 e. The van der Waals surface area contributed by atoms with Gasteiger partial charge in [-0.25, -0.2) is 0 Å². The zero-order valence-electron chi connectivity index (χ0n) is 10.1. The summed E-state index contributed by atoms with van der Waals surface area (Å²) in [6, 6.07) is -0.747. The third kappa shape index (κ3) is 3.86. The number of hydrogen-bond donors (Lipinski definition) is 1. The summed E-state index contributed by atoms with van der Waals surface area (Å²) in [5.41, 5.74) is 0. The summed E-state index contributed by atoms with van der Waals surface area (Å²) in [6.07, 6.45) is -4.73. The van der Waals surface area contributed by atoms with E-state index in [9.17, 15) is 22.8 Å². The monoisotopic (exact) mass is 268 g/mol. The van der Waals surface area contributed by atoms with Gasteiger partial charge in [0.1, 0.15) is 6.04 Å². The number of hydrogen-bond acceptors (Lipinski definition) is 3. The number of alkyl halides is 3. The van der Waals surface area contributed by atoms with Gasteiger partial charge in [0.25, 0.3) is 0 Å². The second-order valence-electron chi connectivity index (χ2n) is 4.29. The van der Waals surface area contributed by atoms with Gasteiger partial charge in [-0.1, -0.05) is 13.8 Å². The molecule has 1 aliphatic rings. The van der Waals surface area contributed by atoms with E-state index in [4.69, 9.17) is 0 Å². The highest BCUT2D eigenvalue weighted by Crippen LogP contribution is 2.18. The van der Waals surface area contributed by atoms with Gasteiger partial charge < -0.3 is 10.2 Å². The Morgan fingerprint density at radius 2 is 2.06 bits per heavy atom. The molecule has 1 aliphatic heterocycles. The molecule has 1 saturated heterocycles. The van der Waals surface area contributed by atoms with Gasteiger partial charge in [-0.3, -0.25) is 14.3 Å². The van der Waals surface area contributed by atoms with Crippen LogP contribution in [-0.4, -0.2) is 48.8 Å². The van der Waals surface area contributed by atoms with E-state index in [1.807, 2.05) is 0 Å². The molecule has 0 radical (unpaired) electrons. The maximum absolute atomic E-state index is 11.8. The second kappa shape index (κ2) is 5.55. The van der Waals surface area contributed by atoms with Crippen molar-refractivity contribution < 1.29 is 27.5 Å². The number of ether oxygens (including phenoxy) is 1. The molecule has 1 heterocycles. The first-order valence-corrected chi connectivity index (χ1v) is 5.50. The van der Waals surface area contributed by atoms with Crippen LogP contribution in [0.3, 0.4) is 0 Å². The van der Waals surface area contributed by atoms with Crippen LogP contribution in [0.15, 0.2) is 0 Å². The minimum Gasteiger partial charge on any atom is -0.345 e. The normalized spacial score (nSPS) is 21.4. The summed E-state index contributed by atoms with van der Waals surface area (Å²) in [4.78, 5) is 24.3. The van der Waals surface area contributed by atoms with Crippen molar-refractivity contribution in [3.05, 3.63) is 0 Å². The Labute approximate surface area is 102 Å². The van der Waals surface area contributed by atoms with Crippen molar-refractivity contribution in [1.82, 2.24) is 10.2 Å². The highest BCUT2D eigenvalue weighted by Gasteiger charge is 2.37. The first-order chi connectivity index (χ1) is 8.22. The Hall–Kier alpha value is -1.31. The second-order valence-corrected chi connectivity index (χ2v) is 4.29. The molecule has 1 rings (SSSR count). The van der Waals surface area contributed by atoms with E-state index < -0.39 is 24.9 Å². The first kappa shape index (κ1) is 14.7. The van der Waals surface area contributed by atoms with Gasteiger partial charge in [0, 0.05) is 6.54 Å². The van der Waals surface area contributed by atoms with Crippen LogP contribution < -0.4 is 5.32 Å². The fourth-order valence-corrected chi connectivity index (χ4v) is 1.85. The number of rotatable bonds is 4. The summed E-state index contributed by atoms with van der Waals surface area (Å²) in [7, 11) is 0. The Morgan fingerprint density at radius 1 is 1.44 bits per heavy atom. The Balaban J connectivity index is 2.63. The zero-order valence-corrected chi connectivity index (χ0v) is 10.1. The molecule has 8 heteroatoms. The number of carbonyl (C=O) groups excluding carboxylic acids is 2. The van der Waals surface area contributed by atoms with Gasteiger partial charge in [0.15, 0.2) is 0 Å². The number of carbonyl (C=O) groups is 2. The molecule has 0 aromatic heterocycles. The number of piperazine rings is 1. The summed E-state index contributed by atoms with van der Waals surface area (Å²) < 4.78 is 39.1. The maximum atomic E-state index is 11.8. The average Bonchev–Trinajstić information content (AvgIpc) is 2.20. The van der Waals surface area contributed by atoms with Crippen molar-refractivity contribution in [3.63, 3.8) is 0 Å². The van der Waals surface area contributed by atoms with Crippen molar-refractivity contribution in [2.24, 2.45) is 5.92 Å². The molecule has 1 fully saturated rings. The molecule has 18 heavy (non-hydrogen) atoms. The SMILES string of the molecule is CC(C)C1C(=O)NCC(=O)N1CCOC(F)(F)F. The summed E-state index contributed by atoms with van der Waals surface area (Å²) in [6.45, 7) is 2.33. The summed E-state index contributed by atoms with van der Waals surface area (Å²) in [5, 5.41) is 2.41.